The monoisotopic (exact) mass is 204 g/mol. The Balaban J connectivity index is 2.93. The fourth-order valence-corrected chi connectivity index (χ4v) is 1.30. The fraction of sp³-hybridized carbons (Fsp3) is 0. The molecule has 0 spiro atoms. The lowest BCUT2D eigenvalue weighted by atomic mass is 10.6. The summed E-state index contributed by atoms with van der Waals surface area (Å²) in [6, 6.07) is 0. The summed E-state index contributed by atoms with van der Waals surface area (Å²) in [6.45, 7) is 0. The van der Waals surface area contributed by atoms with Gasteiger partial charge < -0.3 is 5.21 Å². The number of aromatic nitrogens is 4. The molecule has 5 nitrogen and oxygen atoms in total. The Kier molecular flexibility index (Phi) is 1.55. The number of hydrogen-bond donors (Lipinski definition) is 1. The molecule has 0 bridgehead atoms. The largest absolute Gasteiger partial charge is 0.427 e. The van der Waals surface area contributed by atoms with Gasteiger partial charge in [0.15, 0.2) is 16.3 Å². The van der Waals surface area contributed by atoms with E-state index in [4.69, 9.17) is 28.4 Å². The number of halogens is 2. The van der Waals surface area contributed by atoms with Gasteiger partial charge in [0.1, 0.15) is 6.33 Å². The molecule has 12 heavy (non-hydrogen) atoms. The molecule has 0 fully saturated rings. The van der Waals surface area contributed by atoms with E-state index in [1.165, 1.54) is 6.33 Å². The van der Waals surface area contributed by atoms with Gasteiger partial charge in [0, 0.05) is 0 Å². The van der Waals surface area contributed by atoms with Gasteiger partial charge in [-0.1, -0.05) is 11.6 Å². The zero-order chi connectivity index (χ0) is 8.72. The molecule has 0 radical (unpaired) electrons. The normalized spacial score (nSPS) is 10.8. The number of hydrogen-bond acceptors (Lipinski definition) is 4. The van der Waals surface area contributed by atoms with Crippen molar-refractivity contribution in [1.29, 1.82) is 0 Å². The third kappa shape index (κ3) is 0.981. The van der Waals surface area contributed by atoms with Gasteiger partial charge in [0.25, 0.3) is 0 Å². The second kappa shape index (κ2) is 2.46. The molecule has 0 saturated carbocycles. The van der Waals surface area contributed by atoms with E-state index in [-0.39, 0.29) is 21.6 Å². The summed E-state index contributed by atoms with van der Waals surface area (Å²) < 4.78 is 0.744. The van der Waals surface area contributed by atoms with E-state index in [2.05, 4.69) is 15.0 Å². The molecular formula is C5H2Cl2N4O. The third-order valence-corrected chi connectivity index (χ3v) is 1.75. The van der Waals surface area contributed by atoms with Crippen molar-refractivity contribution >= 4 is 34.4 Å². The summed E-state index contributed by atoms with van der Waals surface area (Å²) in [5.41, 5.74) is 0.517. The van der Waals surface area contributed by atoms with Crippen LogP contribution in [0.15, 0.2) is 6.33 Å². The fourth-order valence-electron chi connectivity index (χ4n) is 0.846. The average Bonchev–Trinajstić information content (AvgIpc) is 2.31. The van der Waals surface area contributed by atoms with Crippen LogP contribution in [0.3, 0.4) is 0 Å². The van der Waals surface area contributed by atoms with Crippen LogP contribution in [-0.2, 0) is 0 Å². The minimum absolute atomic E-state index is 0.00574. The van der Waals surface area contributed by atoms with Crippen LogP contribution in [0.5, 0.6) is 0 Å². The molecule has 0 saturated heterocycles. The van der Waals surface area contributed by atoms with E-state index in [0.717, 1.165) is 4.73 Å². The van der Waals surface area contributed by atoms with Crippen molar-refractivity contribution in [2.45, 2.75) is 0 Å². The van der Waals surface area contributed by atoms with Crippen molar-refractivity contribution in [3.05, 3.63) is 16.8 Å². The summed E-state index contributed by atoms with van der Waals surface area (Å²) >= 11 is 11.1. The summed E-state index contributed by atoms with van der Waals surface area (Å²) in [6.07, 6.45) is 1.17. The maximum absolute atomic E-state index is 9.13. The molecule has 2 aromatic rings. The number of rotatable bonds is 0. The van der Waals surface area contributed by atoms with E-state index in [1.807, 2.05) is 0 Å². The Morgan fingerprint density at radius 3 is 2.83 bits per heavy atom. The lowest BCUT2D eigenvalue weighted by Gasteiger charge is -1.94. The molecule has 0 unspecified atom stereocenters. The SMILES string of the molecule is On1cnc2nc(Cl)nc(Cl)c21. The summed E-state index contributed by atoms with van der Waals surface area (Å²) in [5, 5.41) is 9.21. The Morgan fingerprint density at radius 2 is 2.08 bits per heavy atom. The number of nitrogens with zero attached hydrogens (tertiary/aromatic N) is 4. The van der Waals surface area contributed by atoms with Crippen molar-refractivity contribution in [3.8, 4) is 0 Å². The van der Waals surface area contributed by atoms with Crippen molar-refractivity contribution in [2.24, 2.45) is 0 Å². The second-order valence-electron chi connectivity index (χ2n) is 2.04. The predicted octanol–water partition coefficient (Wildman–Crippen LogP) is 1.37. The summed E-state index contributed by atoms with van der Waals surface area (Å²) in [5.74, 6) is 0. The van der Waals surface area contributed by atoms with Gasteiger partial charge in [-0.25, -0.2) is 9.97 Å². The summed E-state index contributed by atoms with van der Waals surface area (Å²) in [4.78, 5) is 11.1. The molecule has 7 heteroatoms. The quantitative estimate of drug-likeness (QED) is 0.400. The first-order valence-electron chi connectivity index (χ1n) is 2.94. The van der Waals surface area contributed by atoms with Crippen LogP contribution >= 0.6 is 23.2 Å². The van der Waals surface area contributed by atoms with E-state index < -0.39 is 0 Å². The van der Waals surface area contributed by atoms with Crippen LogP contribution in [0.4, 0.5) is 0 Å². The Morgan fingerprint density at radius 1 is 1.33 bits per heavy atom. The molecule has 62 valence electrons. The second-order valence-corrected chi connectivity index (χ2v) is 2.74. The van der Waals surface area contributed by atoms with Crippen molar-refractivity contribution in [2.75, 3.05) is 0 Å². The molecule has 0 aliphatic carbocycles. The molecular weight excluding hydrogens is 203 g/mol. The molecule has 2 aromatic heterocycles. The molecule has 0 aliphatic heterocycles. The highest BCUT2D eigenvalue weighted by Gasteiger charge is 2.09. The van der Waals surface area contributed by atoms with Crippen LogP contribution in [0.2, 0.25) is 10.4 Å². The van der Waals surface area contributed by atoms with Gasteiger partial charge in [-0.15, -0.1) is 0 Å². The maximum atomic E-state index is 9.13. The number of fused-ring (bicyclic) bond motifs is 1. The van der Waals surface area contributed by atoms with Gasteiger partial charge in [0.2, 0.25) is 5.28 Å². The van der Waals surface area contributed by atoms with E-state index in [0.29, 0.717) is 0 Å². The average molecular weight is 205 g/mol. The van der Waals surface area contributed by atoms with Gasteiger partial charge in [-0.2, -0.15) is 9.71 Å². The topological polar surface area (TPSA) is 63.8 Å². The lowest BCUT2D eigenvalue weighted by molar-refractivity contribution is 0.198. The van der Waals surface area contributed by atoms with Gasteiger partial charge in [-0.05, 0) is 11.6 Å². The Bertz CT molecular complexity index is 440. The number of imidazole rings is 1. The minimum Gasteiger partial charge on any atom is -0.427 e. The third-order valence-electron chi connectivity index (χ3n) is 1.31. The van der Waals surface area contributed by atoms with Crippen LogP contribution in [0.25, 0.3) is 11.2 Å². The highest BCUT2D eigenvalue weighted by Crippen LogP contribution is 2.19. The zero-order valence-electron chi connectivity index (χ0n) is 5.57. The molecule has 0 atom stereocenters. The highest BCUT2D eigenvalue weighted by molar-refractivity contribution is 6.35. The Labute approximate surface area is 76.5 Å². The molecule has 2 rings (SSSR count). The molecule has 1 N–H and O–H groups in total. The Hall–Kier alpha value is -1.07. The van der Waals surface area contributed by atoms with Crippen LogP contribution < -0.4 is 0 Å². The van der Waals surface area contributed by atoms with Crippen molar-refractivity contribution in [1.82, 2.24) is 19.7 Å². The first kappa shape index (κ1) is 7.57. The smallest absolute Gasteiger partial charge is 0.225 e. The first-order chi connectivity index (χ1) is 5.68. The van der Waals surface area contributed by atoms with Crippen LogP contribution in [-0.4, -0.2) is 24.9 Å². The molecule has 0 aliphatic rings. The van der Waals surface area contributed by atoms with E-state index >= 15 is 0 Å². The van der Waals surface area contributed by atoms with Crippen LogP contribution in [0.1, 0.15) is 0 Å². The van der Waals surface area contributed by atoms with Crippen molar-refractivity contribution < 1.29 is 5.21 Å². The summed E-state index contributed by atoms with van der Waals surface area (Å²) in [7, 11) is 0. The maximum Gasteiger partial charge on any atom is 0.225 e. The van der Waals surface area contributed by atoms with Gasteiger partial charge >= 0.3 is 0 Å². The van der Waals surface area contributed by atoms with Crippen LogP contribution in [0, 0.1) is 0 Å². The van der Waals surface area contributed by atoms with E-state index in [9.17, 15) is 0 Å². The molecule has 0 aromatic carbocycles. The lowest BCUT2D eigenvalue weighted by Crippen LogP contribution is -1.91. The first-order valence-corrected chi connectivity index (χ1v) is 3.69. The standard InChI is InChI=1S/C5H2Cl2N4O/c6-3-2-4(8-1-11(2)12)10-5(7)9-3/h1,12H. The predicted molar refractivity (Wildman–Crippen MR) is 42.5 cm³/mol. The van der Waals surface area contributed by atoms with Crippen molar-refractivity contribution in [3.63, 3.8) is 0 Å². The highest BCUT2D eigenvalue weighted by atomic mass is 35.5. The minimum atomic E-state index is 0.00574. The molecule has 0 amide bonds. The van der Waals surface area contributed by atoms with Gasteiger partial charge in [-0.3, -0.25) is 0 Å². The zero-order valence-corrected chi connectivity index (χ0v) is 7.08. The molecule has 2 heterocycles. The van der Waals surface area contributed by atoms with E-state index in [1.54, 1.807) is 0 Å². The van der Waals surface area contributed by atoms with Gasteiger partial charge in [0.05, 0.1) is 0 Å².